The number of aliphatic carboxylic acids is 1. The fraction of sp³-hybridized carbons (Fsp3) is 0.417. The first kappa shape index (κ1) is 14.9. The first-order chi connectivity index (χ1) is 8.39. The molecule has 0 heterocycles. The number of halogens is 2. The van der Waals surface area contributed by atoms with Crippen LogP contribution in [0.5, 0.6) is 0 Å². The van der Waals surface area contributed by atoms with E-state index in [1.165, 1.54) is 23.9 Å². The van der Waals surface area contributed by atoms with Crippen LogP contribution in [0.4, 0.5) is 8.78 Å². The summed E-state index contributed by atoms with van der Waals surface area (Å²) in [6, 6.07) is 3.35. The lowest BCUT2D eigenvalue weighted by Gasteiger charge is -2.23. The molecule has 0 radical (unpaired) electrons. The molecule has 100 valence electrons. The highest BCUT2D eigenvalue weighted by Crippen LogP contribution is 2.25. The fourth-order valence-electron chi connectivity index (χ4n) is 1.30. The number of hydrogen-bond donors (Lipinski definition) is 2. The van der Waals surface area contributed by atoms with Gasteiger partial charge in [0.05, 0.1) is 0 Å². The van der Waals surface area contributed by atoms with Crippen LogP contribution < -0.4 is 5.32 Å². The van der Waals surface area contributed by atoms with E-state index in [1.807, 2.05) is 0 Å². The minimum atomic E-state index is -1.04. The first-order valence-corrected chi connectivity index (χ1v) is 6.38. The van der Waals surface area contributed by atoms with Crippen LogP contribution >= 0.6 is 11.8 Å². The van der Waals surface area contributed by atoms with Gasteiger partial charge in [-0.25, -0.2) is 8.78 Å². The summed E-state index contributed by atoms with van der Waals surface area (Å²) in [6.45, 7) is 1.57. The van der Waals surface area contributed by atoms with Gasteiger partial charge in [0, 0.05) is 16.7 Å². The van der Waals surface area contributed by atoms with Crippen molar-refractivity contribution in [1.29, 1.82) is 0 Å². The predicted octanol–water partition coefficient (Wildman–Crippen LogP) is 2.51. The van der Waals surface area contributed by atoms with Crippen LogP contribution in [0, 0.1) is 11.6 Å². The van der Waals surface area contributed by atoms with Crippen molar-refractivity contribution in [1.82, 2.24) is 5.32 Å². The topological polar surface area (TPSA) is 49.3 Å². The molecule has 0 bridgehead atoms. The van der Waals surface area contributed by atoms with E-state index >= 15 is 0 Å². The molecule has 0 amide bonds. The van der Waals surface area contributed by atoms with Crippen molar-refractivity contribution in [2.75, 3.05) is 12.8 Å². The second-order valence-corrected chi connectivity index (χ2v) is 5.20. The van der Waals surface area contributed by atoms with Gasteiger partial charge in [-0.15, -0.1) is 11.8 Å². The highest BCUT2D eigenvalue weighted by Gasteiger charge is 2.30. The molecule has 0 aromatic heterocycles. The Morgan fingerprint density at radius 1 is 1.50 bits per heavy atom. The molecule has 0 aliphatic carbocycles. The Morgan fingerprint density at radius 3 is 2.67 bits per heavy atom. The molecule has 18 heavy (non-hydrogen) atoms. The van der Waals surface area contributed by atoms with Gasteiger partial charge in [0.15, 0.2) is 0 Å². The van der Waals surface area contributed by atoms with E-state index in [0.717, 1.165) is 6.07 Å². The molecule has 1 rings (SSSR count). The summed E-state index contributed by atoms with van der Waals surface area (Å²) < 4.78 is 26.0. The van der Waals surface area contributed by atoms with Crippen LogP contribution in [0.25, 0.3) is 0 Å². The number of carboxylic acid groups (broad SMARTS) is 1. The summed E-state index contributed by atoms with van der Waals surface area (Å²) in [5, 5.41) is 11.7. The molecule has 1 aromatic carbocycles. The Bertz CT molecular complexity index is 442. The minimum Gasteiger partial charge on any atom is -0.480 e. The predicted molar refractivity (Wildman–Crippen MR) is 66.8 cm³/mol. The number of hydrogen-bond acceptors (Lipinski definition) is 3. The Labute approximate surface area is 109 Å². The zero-order chi connectivity index (χ0) is 13.8. The lowest BCUT2D eigenvalue weighted by atomic mass is 10.00. The molecule has 0 saturated carbocycles. The van der Waals surface area contributed by atoms with Crippen molar-refractivity contribution in [3.05, 3.63) is 29.8 Å². The standard InChI is InChI=1S/C12H15F2NO2S/c1-12(15-2,11(16)17)5-6-18-10-4-3-8(13)7-9(10)14/h3-4,7,15H,5-6H2,1-2H3,(H,16,17). The van der Waals surface area contributed by atoms with Crippen LogP contribution in [-0.4, -0.2) is 29.4 Å². The molecular weight excluding hydrogens is 260 g/mol. The summed E-state index contributed by atoms with van der Waals surface area (Å²) in [7, 11) is 1.57. The first-order valence-electron chi connectivity index (χ1n) is 5.39. The third-order valence-electron chi connectivity index (χ3n) is 2.78. The van der Waals surface area contributed by atoms with Gasteiger partial charge in [0.2, 0.25) is 0 Å². The van der Waals surface area contributed by atoms with Gasteiger partial charge in [0.1, 0.15) is 17.2 Å². The summed E-state index contributed by atoms with van der Waals surface area (Å²) >= 11 is 1.17. The Hall–Kier alpha value is -1.14. The number of carboxylic acids is 1. The SMILES string of the molecule is CNC(C)(CCSc1ccc(F)cc1F)C(=O)O. The van der Waals surface area contributed by atoms with Gasteiger partial charge in [-0.1, -0.05) is 0 Å². The molecule has 2 N–H and O–H groups in total. The van der Waals surface area contributed by atoms with Crippen LogP contribution in [-0.2, 0) is 4.79 Å². The maximum atomic E-state index is 13.3. The highest BCUT2D eigenvalue weighted by molar-refractivity contribution is 7.99. The Balaban J connectivity index is 2.58. The Morgan fingerprint density at radius 2 is 2.17 bits per heavy atom. The summed E-state index contributed by atoms with van der Waals surface area (Å²) in [5.74, 6) is -1.78. The van der Waals surface area contributed by atoms with Gasteiger partial charge in [-0.2, -0.15) is 0 Å². The third kappa shape index (κ3) is 3.68. The fourth-order valence-corrected chi connectivity index (χ4v) is 2.39. The normalized spacial score (nSPS) is 14.2. The lowest BCUT2D eigenvalue weighted by Crippen LogP contribution is -2.47. The summed E-state index contributed by atoms with van der Waals surface area (Å²) in [5.41, 5.74) is -1.04. The smallest absolute Gasteiger partial charge is 0.323 e. The largest absolute Gasteiger partial charge is 0.480 e. The maximum Gasteiger partial charge on any atom is 0.323 e. The van der Waals surface area contributed by atoms with Crippen molar-refractivity contribution in [3.8, 4) is 0 Å². The number of carbonyl (C=O) groups is 1. The van der Waals surface area contributed by atoms with Gasteiger partial charge >= 0.3 is 5.97 Å². The van der Waals surface area contributed by atoms with Crippen molar-refractivity contribution in [2.45, 2.75) is 23.8 Å². The highest BCUT2D eigenvalue weighted by atomic mass is 32.2. The molecule has 1 unspecified atom stereocenters. The van der Waals surface area contributed by atoms with E-state index in [9.17, 15) is 13.6 Å². The second kappa shape index (κ2) is 6.15. The van der Waals surface area contributed by atoms with Gasteiger partial charge in [0.25, 0.3) is 0 Å². The molecule has 1 aromatic rings. The summed E-state index contributed by atoms with van der Waals surface area (Å²) in [4.78, 5) is 11.3. The van der Waals surface area contributed by atoms with Crippen molar-refractivity contribution in [3.63, 3.8) is 0 Å². The minimum absolute atomic E-state index is 0.320. The summed E-state index contributed by atoms with van der Waals surface area (Å²) in [6.07, 6.45) is 0.334. The van der Waals surface area contributed by atoms with Crippen LogP contribution in [0.1, 0.15) is 13.3 Å². The van der Waals surface area contributed by atoms with E-state index in [1.54, 1.807) is 14.0 Å². The van der Waals surface area contributed by atoms with E-state index in [-0.39, 0.29) is 0 Å². The average molecular weight is 275 g/mol. The van der Waals surface area contributed by atoms with Crippen LogP contribution in [0.15, 0.2) is 23.1 Å². The van der Waals surface area contributed by atoms with E-state index in [0.29, 0.717) is 17.1 Å². The number of benzene rings is 1. The van der Waals surface area contributed by atoms with Crippen molar-refractivity contribution in [2.24, 2.45) is 0 Å². The van der Waals surface area contributed by atoms with E-state index in [4.69, 9.17) is 5.11 Å². The monoisotopic (exact) mass is 275 g/mol. The zero-order valence-corrected chi connectivity index (χ0v) is 11.0. The van der Waals surface area contributed by atoms with E-state index in [2.05, 4.69) is 5.32 Å². The van der Waals surface area contributed by atoms with Gasteiger partial charge < -0.3 is 10.4 Å². The lowest BCUT2D eigenvalue weighted by molar-refractivity contribution is -0.144. The third-order valence-corrected chi connectivity index (χ3v) is 3.83. The number of thioether (sulfide) groups is 1. The van der Waals surface area contributed by atoms with Crippen LogP contribution in [0.2, 0.25) is 0 Å². The molecule has 1 atom stereocenters. The van der Waals surface area contributed by atoms with Gasteiger partial charge in [-0.05, 0) is 32.5 Å². The second-order valence-electron chi connectivity index (χ2n) is 4.06. The van der Waals surface area contributed by atoms with Crippen molar-refractivity contribution >= 4 is 17.7 Å². The zero-order valence-electron chi connectivity index (χ0n) is 10.2. The number of likely N-dealkylation sites (N-methyl/N-ethyl adjacent to an activating group) is 1. The maximum absolute atomic E-state index is 13.3. The number of nitrogens with one attached hydrogen (secondary N) is 1. The quantitative estimate of drug-likeness (QED) is 0.783. The molecule has 0 saturated heterocycles. The average Bonchev–Trinajstić information content (AvgIpc) is 2.31. The molecule has 0 aliphatic rings. The van der Waals surface area contributed by atoms with Gasteiger partial charge in [-0.3, -0.25) is 4.79 Å². The Kier molecular flexibility index (Phi) is 5.10. The van der Waals surface area contributed by atoms with Crippen molar-refractivity contribution < 1.29 is 18.7 Å². The molecule has 6 heteroatoms. The molecule has 0 fully saturated rings. The molecule has 0 spiro atoms. The van der Waals surface area contributed by atoms with Crippen LogP contribution in [0.3, 0.4) is 0 Å². The van der Waals surface area contributed by atoms with E-state index < -0.39 is 23.1 Å². The molecular formula is C12H15F2NO2S. The number of rotatable bonds is 6. The molecule has 0 aliphatic heterocycles. The molecule has 3 nitrogen and oxygen atoms in total.